The summed E-state index contributed by atoms with van der Waals surface area (Å²) in [5.41, 5.74) is 0. The van der Waals surface area contributed by atoms with Crippen LogP contribution >= 0.6 is 23.1 Å². The highest BCUT2D eigenvalue weighted by Crippen LogP contribution is 2.24. The number of carboxylic acids is 1. The number of carbonyl (C=O) groups excluding carboxylic acids is 1. The lowest BCUT2D eigenvalue weighted by Gasteiger charge is -1.96. The van der Waals surface area contributed by atoms with Gasteiger partial charge in [-0.3, -0.25) is 10.1 Å². The van der Waals surface area contributed by atoms with Crippen molar-refractivity contribution >= 4 is 40.2 Å². The molecule has 0 aliphatic heterocycles. The van der Waals surface area contributed by atoms with E-state index in [-0.39, 0.29) is 11.8 Å². The Morgan fingerprint density at radius 3 is 2.87 bits per heavy atom. The van der Waals surface area contributed by atoms with Gasteiger partial charge in [-0.2, -0.15) is 0 Å². The monoisotopic (exact) mass is 248 g/mol. The van der Waals surface area contributed by atoms with Crippen molar-refractivity contribution in [1.29, 1.82) is 0 Å². The highest BCUT2D eigenvalue weighted by molar-refractivity contribution is 8.01. The molecule has 1 rings (SSSR count). The zero-order chi connectivity index (χ0) is 11.3. The van der Waals surface area contributed by atoms with Gasteiger partial charge in [0, 0.05) is 7.05 Å². The van der Waals surface area contributed by atoms with E-state index in [0.717, 1.165) is 23.1 Å². The summed E-state index contributed by atoms with van der Waals surface area (Å²) in [4.78, 5) is 21.1. The lowest BCUT2D eigenvalue weighted by molar-refractivity contribution is -0.133. The Morgan fingerprint density at radius 2 is 2.27 bits per heavy atom. The fourth-order valence-corrected chi connectivity index (χ4v) is 2.07. The molecule has 0 saturated carbocycles. The number of nitrogens with one attached hydrogen (secondary N) is 2. The third-order valence-corrected chi connectivity index (χ3v) is 3.13. The molecule has 0 aliphatic carbocycles. The molecule has 82 valence electrons. The van der Waals surface area contributed by atoms with Crippen LogP contribution in [-0.2, 0) is 4.79 Å². The van der Waals surface area contributed by atoms with Crippen LogP contribution in [0.3, 0.4) is 0 Å². The van der Waals surface area contributed by atoms with Crippen molar-refractivity contribution in [3.05, 3.63) is 0 Å². The quantitative estimate of drug-likeness (QED) is 0.528. The van der Waals surface area contributed by atoms with E-state index in [4.69, 9.17) is 5.11 Å². The predicted molar refractivity (Wildman–Crippen MR) is 56.3 cm³/mol. The highest BCUT2D eigenvalue weighted by Gasteiger charge is 2.08. The summed E-state index contributed by atoms with van der Waals surface area (Å²) in [6.45, 7) is 0. The summed E-state index contributed by atoms with van der Waals surface area (Å²) in [7, 11) is 1.48. The number of hydrogen-bond donors (Lipinski definition) is 3. The molecule has 2 amide bonds. The fourth-order valence-electron chi connectivity index (χ4n) is 0.602. The minimum atomic E-state index is -0.920. The molecule has 0 aliphatic rings. The van der Waals surface area contributed by atoms with Crippen LogP contribution in [0, 0.1) is 0 Å². The number of thioether (sulfide) groups is 1. The molecular weight excluding hydrogens is 240 g/mol. The number of aliphatic carboxylic acids is 1. The van der Waals surface area contributed by atoms with Crippen molar-refractivity contribution < 1.29 is 14.7 Å². The Hall–Kier alpha value is -1.35. The molecule has 1 aromatic heterocycles. The van der Waals surface area contributed by atoms with Gasteiger partial charge in [0.15, 0.2) is 4.34 Å². The van der Waals surface area contributed by atoms with E-state index < -0.39 is 5.97 Å². The number of aromatic nitrogens is 2. The zero-order valence-electron chi connectivity index (χ0n) is 7.68. The van der Waals surface area contributed by atoms with Crippen LogP contribution in [0.15, 0.2) is 4.34 Å². The molecule has 1 aromatic rings. The number of amides is 2. The summed E-state index contributed by atoms with van der Waals surface area (Å²) >= 11 is 2.18. The van der Waals surface area contributed by atoms with Gasteiger partial charge in [0.25, 0.3) is 0 Å². The molecular formula is C6H8N4O3S2. The Bertz CT molecular complexity index is 367. The van der Waals surface area contributed by atoms with E-state index in [2.05, 4.69) is 20.8 Å². The van der Waals surface area contributed by atoms with Crippen LogP contribution in [0.5, 0.6) is 0 Å². The second-order valence-corrected chi connectivity index (χ2v) is 4.46. The first-order valence-electron chi connectivity index (χ1n) is 3.78. The molecule has 0 atom stereocenters. The summed E-state index contributed by atoms with van der Waals surface area (Å²) in [6.07, 6.45) is 0. The minimum absolute atomic E-state index is 0.0748. The van der Waals surface area contributed by atoms with Crippen LogP contribution in [0.25, 0.3) is 0 Å². The van der Waals surface area contributed by atoms with Crippen LogP contribution in [-0.4, -0.2) is 40.1 Å². The van der Waals surface area contributed by atoms with Gasteiger partial charge in [-0.05, 0) is 0 Å². The number of rotatable bonds is 4. The molecule has 3 N–H and O–H groups in total. The van der Waals surface area contributed by atoms with Crippen molar-refractivity contribution in [2.45, 2.75) is 4.34 Å². The Morgan fingerprint density at radius 1 is 1.53 bits per heavy atom. The first kappa shape index (κ1) is 11.7. The van der Waals surface area contributed by atoms with Gasteiger partial charge < -0.3 is 10.4 Å². The molecule has 0 fully saturated rings. The largest absolute Gasteiger partial charge is 0.481 e. The van der Waals surface area contributed by atoms with Gasteiger partial charge in [0.1, 0.15) is 0 Å². The average molecular weight is 248 g/mol. The fraction of sp³-hybridized carbons (Fsp3) is 0.333. The van der Waals surface area contributed by atoms with Crippen molar-refractivity contribution in [2.24, 2.45) is 0 Å². The van der Waals surface area contributed by atoms with E-state index in [1.165, 1.54) is 7.05 Å². The molecule has 0 spiro atoms. The third kappa shape index (κ3) is 4.13. The number of hydrogen-bond acceptors (Lipinski definition) is 6. The average Bonchev–Trinajstić information content (AvgIpc) is 2.62. The Labute approximate surface area is 93.3 Å². The van der Waals surface area contributed by atoms with E-state index in [1.54, 1.807) is 0 Å². The first-order valence-corrected chi connectivity index (χ1v) is 5.59. The molecule has 0 radical (unpaired) electrons. The molecule has 1 heterocycles. The van der Waals surface area contributed by atoms with E-state index >= 15 is 0 Å². The molecule has 0 aromatic carbocycles. The molecule has 15 heavy (non-hydrogen) atoms. The maximum atomic E-state index is 10.9. The normalized spacial score (nSPS) is 9.67. The van der Waals surface area contributed by atoms with Crippen LogP contribution in [0.1, 0.15) is 0 Å². The topological polar surface area (TPSA) is 104 Å². The first-order chi connectivity index (χ1) is 7.11. The standard InChI is InChI=1S/C6H8N4O3S2/c1-7-4(13)8-5-9-10-6(15-5)14-2-3(11)12/h2H2,1H3,(H,11,12)(H2,7,8,9,13). The van der Waals surface area contributed by atoms with Crippen LogP contribution in [0.4, 0.5) is 9.93 Å². The summed E-state index contributed by atoms with van der Waals surface area (Å²) < 4.78 is 0.504. The SMILES string of the molecule is CNC(=O)Nc1nnc(SCC(=O)O)s1. The van der Waals surface area contributed by atoms with E-state index in [0.29, 0.717) is 9.47 Å². The minimum Gasteiger partial charge on any atom is -0.481 e. The third-order valence-electron chi connectivity index (χ3n) is 1.17. The molecule has 0 unspecified atom stereocenters. The smallest absolute Gasteiger partial charge is 0.320 e. The molecule has 0 bridgehead atoms. The lowest BCUT2D eigenvalue weighted by atomic mass is 10.8. The summed E-state index contributed by atoms with van der Waals surface area (Å²) in [5, 5.41) is 20.9. The molecule has 9 heteroatoms. The van der Waals surface area contributed by atoms with Gasteiger partial charge in [0.2, 0.25) is 5.13 Å². The van der Waals surface area contributed by atoms with Crippen LogP contribution < -0.4 is 10.6 Å². The number of nitrogens with zero attached hydrogens (tertiary/aromatic N) is 2. The van der Waals surface area contributed by atoms with Crippen molar-refractivity contribution in [3.63, 3.8) is 0 Å². The zero-order valence-corrected chi connectivity index (χ0v) is 9.31. The van der Waals surface area contributed by atoms with Crippen molar-refractivity contribution in [1.82, 2.24) is 15.5 Å². The second kappa shape index (κ2) is 5.51. The number of urea groups is 1. The van der Waals surface area contributed by atoms with Gasteiger partial charge in [-0.1, -0.05) is 23.1 Å². The van der Waals surface area contributed by atoms with Gasteiger partial charge in [-0.15, -0.1) is 10.2 Å². The molecule has 0 saturated heterocycles. The van der Waals surface area contributed by atoms with Gasteiger partial charge >= 0.3 is 12.0 Å². The number of carbonyl (C=O) groups is 2. The maximum Gasteiger partial charge on any atom is 0.320 e. The Balaban J connectivity index is 2.49. The van der Waals surface area contributed by atoms with E-state index in [9.17, 15) is 9.59 Å². The van der Waals surface area contributed by atoms with Crippen LogP contribution in [0.2, 0.25) is 0 Å². The summed E-state index contributed by atoms with van der Waals surface area (Å²) in [5.74, 6) is -0.995. The van der Waals surface area contributed by atoms with Crippen molar-refractivity contribution in [3.8, 4) is 0 Å². The lowest BCUT2D eigenvalue weighted by Crippen LogP contribution is -2.24. The summed E-state index contributed by atoms with van der Waals surface area (Å²) in [6, 6.07) is -0.388. The maximum absolute atomic E-state index is 10.9. The number of anilines is 1. The van der Waals surface area contributed by atoms with E-state index in [1.807, 2.05) is 0 Å². The predicted octanol–water partition coefficient (Wildman–Crippen LogP) is 0.466. The van der Waals surface area contributed by atoms with Crippen molar-refractivity contribution in [2.75, 3.05) is 18.1 Å². The second-order valence-electron chi connectivity index (χ2n) is 2.26. The van der Waals surface area contributed by atoms with Gasteiger partial charge in [0.05, 0.1) is 5.75 Å². The number of carboxylic acid groups (broad SMARTS) is 1. The Kier molecular flexibility index (Phi) is 4.31. The highest BCUT2D eigenvalue weighted by atomic mass is 32.2. The molecule has 7 nitrogen and oxygen atoms in total. The van der Waals surface area contributed by atoms with Gasteiger partial charge in [-0.25, -0.2) is 4.79 Å².